The van der Waals surface area contributed by atoms with Gasteiger partial charge in [-0.15, -0.1) is 0 Å². The number of methoxy groups -OCH3 is 1. The van der Waals surface area contributed by atoms with Gasteiger partial charge >= 0.3 is 12.1 Å². The maximum atomic E-state index is 13.6. The third-order valence-electron chi connectivity index (χ3n) is 12.7. The molecule has 60 heavy (non-hydrogen) atoms. The molecule has 1 amide bonds. The van der Waals surface area contributed by atoms with Crippen LogP contribution in [0.3, 0.4) is 0 Å². The maximum Gasteiger partial charge on any atom is 0.412 e. The van der Waals surface area contributed by atoms with E-state index in [4.69, 9.17) is 42.6 Å². The number of rotatable bonds is 9. The Morgan fingerprint density at radius 1 is 0.983 bits per heavy atom. The predicted molar refractivity (Wildman–Crippen MR) is 215 cm³/mol. The molecule has 3 aromatic rings. The van der Waals surface area contributed by atoms with Crippen LogP contribution in [0.5, 0.6) is 23.0 Å². The van der Waals surface area contributed by atoms with Crippen LogP contribution in [0.4, 0.5) is 10.5 Å². The number of fused-ring (bicyclic) bond motifs is 4. The van der Waals surface area contributed by atoms with Gasteiger partial charge in [-0.1, -0.05) is 30.7 Å². The van der Waals surface area contributed by atoms with Crippen LogP contribution in [0, 0.1) is 18.8 Å². The summed E-state index contributed by atoms with van der Waals surface area (Å²) in [6, 6.07) is 13.3. The van der Waals surface area contributed by atoms with E-state index in [9.17, 15) is 19.8 Å². The standard InChI is InChI=1S/C46H53NO13/c1-24-15-27(17-35(52-3)42(24)54-20-26-11-13-29(14-12-26)47-46(51)59-30-9-7-5-4-6-8-10-30)38-32-18-36-43(57-23-56-36)33(31(32)16-28-21-55-45(50)39(28)38)19-34-40(48)41(49)44-37(60-34)22-53-25(2)58-44/h7,9,11-15,17-18,25,28,30,34,37-41,44,48-49H,4-6,8,10,16,19-23H2,1-3H3,(H,47,51)/b9-7+/t25?,28-,30?,34-,37+,38+,39?,40-,41+,44+/m0/s1. The number of aliphatic hydroxyl groups excluding tert-OH is 2. The van der Waals surface area contributed by atoms with E-state index in [1.807, 2.05) is 55.5 Å². The van der Waals surface area contributed by atoms with Gasteiger partial charge in [0.25, 0.3) is 0 Å². The molecule has 9 rings (SSSR count). The van der Waals surface area contributed by atoms with E-state index in [0.717, 1.165) is 59.1 Å². The molecule has 320 valence electrons. The van der Waals surface area contributed by atoms with Gasteiger partial charge in [0.05, 0.1) is 32.3 Å². The lowest BCUT2D eigenvalue weighted by atomic mass is 9.66. The van der Waals surface area contributed by atoms with Crippen LogP contribution in [0.25, 0.3) is 0 Å². The number of aryl methyl sites for hydroxylation is 1. The van der Waals surface area contributed by atoms with Crippen molar-refractivity contribution in [3.05, 3.63) is 88.0 Å². The number of nitrogens with one attached hydrogen (secondary N) is 1. The summed E-state index contributed by atoms with van der Waals surface area (Å²) in [7, 11) is 1.59. The van der Waals surface area contributed by atoms with Crippen molar-refractivity contribution in [1.82, 2.24) is 0 Å². The Labute approximate surface area is 349 Å². The first-order valence-electron chi connectivity index (χ1n) is 21.1. The molecule has 3 saturated heterocycles. The molecule has 14 heteroatoms. The number of carbonyl (C=O) groups excluding carboxylic acids is 2. The molecule has 2 aliphatic carbocycles. The number of esters is 1. The van der Waals surface area contributed by atoms with Crippen molar-refractivity contribution < 1.29 is 62.4 Å². The number of benzene rings is 3. The normalized spacial score (nSPS) is 31.1. The number of anilines is 1. The molecule has 14 nitrogen and oxygen atoms in total. The first kappa shape index (κ1) is 40.5. The zero-order valence-electron chi connectivity index (χ0n) is 34.1. The highest BCUT2D eigenvalue weighted by Crippen LogP contribution is 2.54. The van der Waals surface area contributed by atoms with Crippen molar-refractivity contribution in [2.75, 3.05) is 32.4 Å². The minimum absolute atomic E-state index is 0.0226. The Morgan fingerprint density at radius 3 is 2.67 bits per heavy atom. The lowest BCUT2D eigenvalue weighted by Gasteiger charge is -2.46. The predicted octanol–water partition coefficient (Wildman–Crippen LogP) is 6.02. The van der Waals surface area contributed by atoms with Crippen LogP contribution >= 0.6 is 0 Å². The number of amides is 1. The molecule has 3 aromatic carbocycles. The summed E-state index contributed by atoms with van der Waals surface area (Å²) in [6.07, 6.45) is 4.29. The number of hydrogen-bond donors (Lipinski definition) is 3. The first-order chi connectivity index (χ1) is 29.1. The molecule has 3 N–H and O–H groups in total. The first-order valence-corrected chi connectivity index (χ1v) is 21.1. The molecule has 4 aliphatic heterocycles. The van der Waals surface area contributed by atoms with Gasteiger partial charge < -0.3 is 52.8 Å². The number of aliphatic hydroxyl groups is 2. The van der Waals surface area contributed by atoms with E-state index in [0.29, 0.717) is 35.1 Å². The van der Waals surface area contributed by atoms with Crippen LogP contribution in [-0.4, -0.2) is 92.3 Å². The smallest absolute Gasteiger partial charge is 0.412 e. The summed E-state index contributed by atoms with van der Waals surface area (Å²) in [5.41, 5.74) is 5.85. The Balaban J connectivity index is 0.957. The van der Waals surface area contributed by atoms with Gasteiger partial charge in [-0.3, -0.25) is 10.1 Å². The van der Waals surface area contributed by atoms with E-state index < -0.39 is 54.7 Å². The van der Waals surface area contributed by atoms with Gasteiger partial charge in [-0.05, 0) is 104 Å². The average molecular weight is 828 g/mol. The molecule has 0 bridgehead atoms. The van der Waals surface area contributed by atoms with Crippen LogP contribution < -0.4 is 24.3 Å². The molecule has 0 radical (unpaired) electrons. The van der Waals surface area contributed by atoms with Gasteiger partial charge in [0, 0.05) is 29.5 Å². The SMILES string of the molecule is COc1cc([C@@H]2c3cc4c(c(C[C@@H]5O[C@@H]6COC(C)O[C@H]6[C@H](O)[C@H]5O)c3C[C@H]3COC(=O)C32)OCO4)cc(C)c1OCc1ccc(NC(=O)OC2/C=C/CCCCC2)cc1. The monoisotopic (exact) mass is 827 g/mol. The Hall–Kier alpha value is -4.86. The van der Waals surface area contributed by atoms with Crippen molar-refractivity contribution in [2.24, 2.45) is 11.8 Å². The minimum atomic E-state index is -1.23. The zero-order chi connectivity index (χ0) is 41.5. The average Bonchev–Trinajstić information content (AvgIpc) is 3.86. The Morgan fingerprint density at radius 2 is 1.83 bits per heavy atom. The van der Waals surface area contributed by atoms with Crippen molar-refractivity contribution in [3.8, 4) is 23.0 Å². The van der Waals surface area contributed by atoms with Gasteiger partial charge in [-0.25, -0.2) is 4.79 Å². The van der Waals surface area contributed by atoms with E-state index >= 15 is 0 Å². The molecule has 3 fully saturated rings. The van der Waals surface area contributed by atoms with Crippen LogP contribution in [-0.2, 0) is 47.9 Å². The Bertz CT molecular complexity index is 2100. The number of ether oxygens (including phenoxy) is 9. The van der Waals surface area contributed by atoms with Crippen LogP contribution in [0.2, 0.25) is 0 Å². The third-order valence-corrected chi connectivity index (χ3v) is 12.7. The second-order valence-electron chi connectivity index (χ2n) is 16.6. The summed E-state index contributed by atoms with van der Waals surface area (Å²) in [5.74, 6) is 0.913. The molecule has 0 spiro atoms. The van der Waals surface area contributed by atoms with Gasteiger partial charge in [-0.2, -0.15) is 0 Å². The highest BCUT2D eigenvalue weighted by Gasteiger charge is 2.51. The van der Waals surface area contributed by atoms with Crippen molar-refractivity contribution >= 4 is 17.7 Å². The second kappa shape index (κ2) is 17.3. The molecule has 4 heterocycles. The number of hydrogen-bond acceptors (Lipinski definition) is 13. The van der Waals surface area contributed by atoms with Crippen molar-refractivity contribution in [3.63, 3.8) is 0 Å². The summed E-state index contributed by atoms with van der Waals surface area (Å²) in [5, 5.41) is 25.3. The fourth-order valence-electron chi connectivity index (χ4n) is 9.74. The highest BCUT2D eigenvalue weighted by molar-refractivity contribution is 5.84. The fourth-order valence-corrected chi connectivity index (χ4v) is 9.74. The van der Waals surface area contributed by atoms with Gasteiger partial charge in [0.2, 0.25) is 6.79 Å². The van der Waals surface area contributed by atoms with E-state index in [1.54, 1.807) is 14.0 Å². The molecule has 10 atom stereocenters. The molecule has 0 aromatic heterocycles. The number of allylic oxidation sites excluding steroid dienone is 1. The van der Waals surface area contributed by atoms with E-state index in [-0.39, 0.29) is 51.0 Å². The minimum Gasteiger partial charge on any atom is -0.493 e. The number of cyclic esters (lactones) is 1. The summed E-state index contributed by atoms with van der Waals surface area (Å²) < 4.78 is 53.6. The summed E-state index contributed by atoms with van der Waals surface area (Å²) >= 11 is 0. The Kier molecular flexibility index (Phi) is 11.7. The van der Waals surface area contributed by atoms with Crippen LogP contribution in [0.15, 0.2) is 54.6 Å². The maximum absolute atomic E-state index is 13.6. The van der Waals surface area contributed by atoms with Crippen molar-refractivity contribution in [1.29, 1.82) is 0 Å². The third kappa shape index (κ3) is 8.03. The molecular formula is C46H53NO13. The lowest BCUT2D eigenvalue weighted by Crippen LogP contribution is -2.62. The summed E-state index contributed by atoms with van der Waals surface area (Å²) in [6.45, 7) is 4.46. The second-order valence-corrected chi connectivity index (χ2v) is 16.6. The largest absolute Gasteiger partial charge is 0.493 e. The topological polar surface area (TPSA) is 170 Å². The van der Waals surface area contributed by atoms with E-state index in [2.05, 4.69) is 11.4 Å². The van der Waals surface area contributed by atoms with E-state index in [1.165, 1.54) is 6.42 Å². The van der Waals surface area contributed by atoms with Gasteiger partial charge in [0.1, 0.15) is 37.1 Å². The molecule has 0 saturated carbocycles. The van der Waals surface area contributed by atoms with Gasteiger partial charge in [0.15, 0.2) is 29.3 Å². The number of carbonyl (C=O) groups is 2. The lowest BCUT2D eigenvalue weighted by molar-refractivity contribution is -0.320. The quantitative estimate of drug-likeness (QED) is 0.169. The fraction of sp³-hybridized carbons (Fsp3) is 0.522. The molecule has 3 unspecified atom stereocenters. The zero-order valence-corrected chi connectivity index (χ0v) is 34.1. The highest BCUT2D eigenvalue weighted by atomic mass is 16.7. The molecular weight excluding hydrogens is 774 g/mol. The van der Waals surface area contributed by atoms with Crippen molar-refractivity contribution in [2.45, 2.75) is 114 Å². The van der Waals surface area contributed by atoms with Crippen LogP contribution in [0.1, 0.15) is 78.3 Å². The summed E-state index contributed by atoms with van der Waals surface area (Å²) in [4.78, 5) is 26.2. The molecule has 6 aliphatic rings.